The Morgan fingerprint density at radius 3 is 0.617 bits per heavy atom. The molecule has 9 aromatic rings. The molecule has 9 heteroatoms. The fourth-order valence-electron chi connectivity index (χ4n) is 8.37. The Balaban J connectivity index is 1.15. The van der Waals surface area contributed by atoms with Crippen LogP contribution in [0.25, 0.3) is 68.3 Å². The van der Waals surface area contributed by atoms with Crippen molar-refractivity contribution in [1.82, 2.24) is 44.9 Å². The van der Waals surface area contributed by atoms with Crippen LogP contribution < -0.4 is 0 Å². The van der Waals surface area contributed by atoms with Crippen molar-refractivity contribution in [3.8, 4) is 68.3 Å². The van der Waals surface area contributed by atoms with Gasteiger partial charge in [0, 0.05) is 37.2 Å². The van der Waals surface area contributed by atoms with Gasteiger partial charge < -0.3 is 0 Å². The molecule has 0 saturated heterocycles. The molecule has 1 aliphatic rings. The lowest BCUT2D eigenvalue weighted by atomic mass is 9.68. The van der Waals surface area contributed by atoms with E-state index in [0.717, 1.165) is 87.6 Å². The summed E-state index contributed by atoms with van der Waals surface area (Å²) in [4.78, 5) is 43.8. The molecule has 288 valence electrons. The van der Waals surface area contributed by atoms with Gasteiger partial charge in [0.2, 0.25) is 0 Å². The van der Waals surface area contributed by atoms with Gasteiger partial charge in [-0.2, -0.15) is 0 Å². The maximum Gasteiger partial charge on any atom is 0.0897 e. The zero-order chi connectivity index (χ0) is 40.1. The molecule has 1 fully saturated rings. The standard InChI is InChI=1S/C51H39N9/c1-7-19-52-40(13-1)46-28-37(29-47(58-46)41-14-2-8-20-53-41)34-25-35(38-30-48(42-15-3-9-21-54-42)59-49(31-38)43-16-4-10-22-55-43)27-36(26-34)39-32-50(44-17-5-11-23-56-44)60-51(33-39)45-18-6-12-24-57-45/h1-24,28-36H,25-27H2. The third-order valence-corrected chi connectivity index (χ3v) is 11.2. The fourth-order valence-corrected chi connectivity index (χ4v) is 8.37. The van der Waals surface area contributed by atoms with Crippen molar-refractivity contribution in [2.24, 2.45) is 0 Å². The van der Waals surface area contributed by atoms with Crippen LogP contribution in [0.15, 0.2) is 183 Å². The second kappa shape index (κ2) is 16.7. The molecule has 1 aliphatic carbocycles. The Bertz CT molecular complexity index is 2350. The first-order valence-electron chi connectivity index (χ1n) is 20.2. The first kappa shape index (κ1) is 36.7. The van der Waals surface area contributed by atoms with Crippen molar-refractivity contribution in [3.63, 3.8) is 0 Å². The van der Waals surface area contributed by atoms with E-state index in [2.05, 4.69) is 36.4 Å². The van der Waals surface area contributed by atoms with Gasteiger partial charge >= 0.3 is 0 Å². The lowest BCUT2D eigenvalue weighted by Gasteiger charge is -2.36. The van der Waals surface area contributed by atoms with E-state index in [0.29, 0.717) is 0 Å². The summed E-state index contributed by atoms with van der Waals surface area (Å²) in [6.45, 7) is 0. The predicted molar refractivity (Wildman–Crippen MR) is 234 cm³/mol. The van der Waals surface area contributed by atoms with Crippen molar-refractivity contribution in [2.75, 3.05) is 0 Å². The van der Waals surface area contributed by atoms with Gasteiger partial charge in [0.1, 0.15) is 0 Å². The van der Waals surface area contributed by atoms with Gasteiger partial charge in [-0.3, -0.25) is 29.9 Å². The number of pyridine rings is 9. The molecule has 1 saturated carbocycles. The first-order chi connectivity index (χ1) is 29.7. The third kappa shape index (κ3) is 7.93. The molecule has 9 heterocycles. The molecule has 0 atom stereocenters. The minimum atomic E-state index is 0.149. The predicted octanol–water partition coefficient (Wildman–Crippen LogP) is 11.1. The van der Waals surface area contributed by atoms with Crippen LogP contribution in [-0.2, 0) is 0 Å². The van der Waals surface area contributed by atoms with Crippen LogP contribution in [0.4, 0.5) is 0 Å². The van der Waals surface area contributed by atoms with E-state index in [9.17, 15) is 0 Å². The molecule has 9 nitrogen and oxygen atoms in total. The van der Waals surface area contributed by atoms with Crippen LogP contribution in [0.5, 0.6) is 0 Å². The lowest BCUT2D eigenvalue weighted by Crippen LogP contribution is -2.21. The maximum atomic E-state index is 5.13. The summed E-state index contributed by atoms with van der Waals surface area (Å²) in [6, 6.07) is 49.2. The molecule has 60 heavy (non-hydrogen) atoms. The molecule has 0 amide bonds. The number of hydrogen-bond acceptors (Lipinski definition) is 9. The lowest BCUT2D eigenvalue weighted by molar-refractivity contribution is 0.351. The van der Waals surface area contributed by atoms with Crippen molar-refractivity contribution < 1.29 is 0 Å². The number of hydrogen-bond donors (Lipinski definition) is 0. The minimum absolute atomic E-state index is 0.149. The van der Waals surface area contributed by atoms with Gasteiger partial charge in [0.25, 0.3) is 0 Å². The van der Waals surface area contributed by atoms with E-state index in [4.69, 9.17) is 44.9 Å². The van der Waals surface area contributed by atoms with Crippen LogP contribution in [0.3, 0.4) is 0 Å². The molecule has 0 radical (unpaired) electrons. The van der Waals surface area contributed by atoms with Gasteiger partial charge in [0.15, 0.2) is 0 Å². The van der Waals surface area contributed by atoms with E-state index in [-0.39, 0.29) is 17.8 Å². The fraction of sp³-hybridized carbons (Fsp3) is 0.118. The summed E-state index contributed by atoms with van der Waals surface area (Å²) >= 11 is 0. The van der Waals surface area contributed by atoms with Crippen molar-refractivity contribution >= 4 is 0 Å². The zero-order valence-electron chi connectivity index (χ0n) is 32.7. The summed E-state index contributed by atoms with van der Waals surface area (Å²) in [5, 5.41) is 0. The van der Waals surface area contributed by atoms with Gasteiger partial charge in [0.05, 0.1) is 68.3 Å². The van der Waals surface area contributed by atoms with E-state index >= 15 is 0 Å². The number of rotatable bonds is 9. The van der Waals surface area contributed by atoms with Crippen LogP contribution >= 0.6 is 0 Å². The summed E-state index contributed by atoms with van der Waals surface area (Å²) in [5.41, 5.74) is 13.5. The van der Waals surface area contributed by atoms with Gasteiger partial charge in [-0.15, -0.1) is 0 Å². The van der Waals surface area contributed by atoms with Crippen LogP contribution in [-0.4, -0.2) is 44.9 Å². The minimum Gasteiger partial charge on any atom is -0.255 e. The van der Waals surface area contributed by atoms with Crippen LogP contribution in [0, 0.1) is 0 Å². The number of aromatic nitrogens is 9. The van der Waals surface area contributed by atoms with Crippen molar-refractivity contribution in [1.29, 1.82) is 0 Å². The largest absolute Gasteiger partial charge is 0.255 e. The van der Waals surface area contributed by atoms with Crippen molar-refractivity contribution in [2.45, 2.75) is 37.0 Å². The molecular formula is C51H39N9. The SMILES string of the molecule is c1ccc(-c2cc(C3CC(c4cc(-c5ccccn5)nc(-c5ccccn5)c4)CC(c4cc(-c5ccccn5)nc(-c5ccccn5)c4)C3)cc(-c3ccccn3)n2)nc1. The summed E-state index contributed by atoms with van der Waals surface area (Å²) < 4.78 is 0. The second-order valence-corrected chi connectivity index (χ2v) is 15.1. The molecule has 0 aliphatic heterocycles. The molecule has 9 aromatic heterocycles. The quantitative estimate of drug-likeness (QED) is 0.141. The Labute approximate surface area is 348 Å². The van der Waals surface area contributed by atoms with Crippen LogP contribution in [0.1, 0.15) is 53.7 Å². The molecule has 0 spiro atoms. The van der Waals surface area contributed by atoms with Crippen LogP contribution in [0.2, 0.25) is 0 Å². The Hall–Kier alpha value is -7.65. The van der Waals surface area contributed by atoms with Gasteiger partial charge in [-0.1, -0.05) is 36.4 Å². The van der Waals surface area contributed by atoms with E-state index in [1.807, 2.05) is 146 Å². The maximum absolute atomic E-state index is 5.13. The molecule has 0 N–H and O–H groups in total. The smallest absolute Gasteiger partial charge is 0.0897 e. The average molecular weight is 778 g/mol. The Morgan fingerprint density at radius 1 is 0.250 bits per heavy atom. The van der Waals surface area contributed by atoms with Gasteiger partial charge in [-0.05, 0) is 163 Å². The summed E-state index contributed by atoms with van der Waals surface area (Å²) in [6.07, 6.45) is 13.6. The first-order valence-corrected chi connectivity index (χ1v) is 20.2. The normalized spacial score (nSPS) is 16.3. The highest BCUT2D eigenvalue weighted by Gasteiger charge is 2.34. The van der Waals surface area contributed by atoms with E-state index < -0.39 is 0 Å². The number of nitrogens with zero attached hydrogens (tertiary/aromatic N) is 9. The molecule has 10 rings (SSSR count). The van der Waals surface area contributed by atoms with Gasteiger partial charge in [-0.25, -0.2) is 15.0 Å². The molecule has 0 bridgehead atoms. The van der Waals surface area contributed by atoms with Crippen molar-refractivity contribution in [3.05, 3.63) is 199 Å². The topological polar surface area (TPSA) is 116 Å². The molecular weight excluding hydrogens is 739 g/mol. The highest BCUT2D eigenvalue weighted by Crippen LogP contribution is 2.50. The highest BCUT2D eigenvalue weighted by atomic mass is 14.8. The van der Waals surface area contributed by atoms with E-state index in [1.54, 1.807) is 0 Å². The molecule has 0 aromatic carbocycles. The zero-order valence-corrected chi connectivity index (χ0v) is 32.7. The summed E-state index contributed by atoms with van der Waals surface area (Å²) in [7, 11) is 0. The third-order valence-electron chi connectivity index (χ3n) is 11.2. The van der Waals surface area contributed by atoms with E-state index in [1.165, 1.54) is 16.7 Å². The second-order valence-electron chi connectivity index (χ2n) is 15.1. The molecule has 0 unspecified atom stereocenters. The Kier molecular flexibility index (Phi) is 10.2. The highest BCUT2D eigenvalue weighted by molar-refractivity contribution is 5.67. The average Bonchev–Trinajstić information content (AvgIpc) is 3.35. The summed E-state index contributed by atoms with van der Waals surface area (Å²) in [5.74, 6) is 0.448. The monoisotopic (exact) mass is 777 g/mol. The Morgan fingerprint density at radius 2 is 0.450 bits per heavy atom.